The zero-order chi connectivity index (χ0) is 22.3. The number of benzene rings is 2. The average Bonchev–Trinajstić information content (AvgIpc) is 3.08. The smallest absolute Gasteiger partial charge is 0.252 e. The lowest BCUT2D eigenvalue weighted by Crippen LogP contribution is -2.12. The van der Waals surface area contributed by atoms with Crippen molar-refractivity contribution in [2.45, 2.75) is 6.92 Å². The topological polar surface area (TPSA) is 173 Å². The molecular formula is C18H15N7O4S2. The average molecular weight is 457 g/mol. The molecule has 0 fully saturated rings. The molecule has 0 atom stereocenters. The van der Waals surface area contributed by atoms with E-state index < -0.39 is 15.9 Å². The summed E-state index contributed by atoms with van der Waals surface area (Å²) in [5.74, 6) is -0.691. The first-order valence-corrected chi connectivity index (χ1v) is 11.4. The van der Waals surface area contributed by atoms with Gasteiger partial charge in [0, 0.05) is 17.0 Å². The molecule has 0 aliphatic carbocycles. The molecule has 31 heavy (non-hydrogen) atoms. The molecule has 0 bridgehead atoms. The summed E-state index contributed by atoms with van der Waals surface area (Å²) in [6, 6.07) is 5.80. The van der Waals surface area contributed by atoms with Gasteiger partial charge in [0.2, 0.25) is 10.0 Å². The van der Waals surface area contributed by atoms with E-state index in [1.165, 1.54) is 24.3 Å². The molecule has 158 valence electrons. The van der Waals surface area contributed by atoms with Gasteiger partial charge in [-0.2, -0.15) is 4.37 Å². The standard InChI is InChI=1S/C18H15N7O4S2/c1-8-20-7-11-17(21-8)24-30-18(11)23-22-13-6-10(16(19)27)15(26)9-4-3-5-12(14(9)13)25-31(2,28)29/h3-7,25-26H,1-2H3,(H2,19,27)/b23-22+. The molecule has 2 heterocycles. The molecule has 0 aliphatic rings. The Hall–Kier alpha value is -3.71. The van der Waals surface area contributed by atoms with Crippen LogP contribution in [0.5, 0.6) is 5.75 Å². The van der Waals surface area contributed by atoms with Crippen LogP contribution in [-0.2, 0) is 10.0 Å². The molecule has 13 heteroatoms. The molecule has 4 N–H and O–H groups in total. The zero-order valence-corrected chi connectivity index (χ0v) is 17.8. The van der Waals surface area contributed by atoms with Crippen LogP contribution in [0, 0.1) is 6.92 Å². The lowest BCUT2D eigenvalue weighted by Gasteiger charge is -2.13. The second kappa shape index (κ2) is 7.52. The number of aromatic hydroxyl groups is 1. The molecule has 11 nitrogen and oxygen atoms in total. The van der Waals surface area contributed by atoms with Gasteiger partial charge in [0.15, 0.2) is 10.6 Å². The molecule has 0 aliphatic heterocycles. The van der Waals surface area contributed by atoms with Crippen LogP contribution in [0.2, 0.25) is 0 Å². The number of sulfonamides is 1. The highest BCUT2D eigenvalue weighted by atomic mass is 32.2. The predicted octanol–water partition coefficient (Wildman–Crippen LogP) is 3.14. The van der Waals surface area contributed by atoms with Gasteiger partial charge in [-0.05, 0) is 30.6 Å². The van der Waals surface area contributed by atoms with E-state index in [1.807, 2.05) is 0 Å². The van der Waals surface area contributed by atoms with Crippen LogP contribution in [0.25, 0.3) is 21.8 Å². The van der Waals surface area contributed by atoms with Crippen LogP contribution in [0.4, 0.5) is 16.4 Å². The van der Waals surface area contributed by atoms with Crippen LogP contribution in [0.1, 0.15) is 16.2 Å². The fourth-order valence-electron chi connectivity index (χ4n) is 2.98. The highest BCUT2D eigenvalue weighted by Crippen LogP contribution is 2.41. The van der Waals surface area contributed by atoms with E-state index in [4.69, 9.17) is 5.73 Å². The Bertz CT molecular complexity index is 1500. The molecule has 0 spiro atoms. The molecule has 0 saturated heterocycles. The monoisotopic (exact) mass is 457 g/mol. The van der Waals surface area contributed by atoms with Crippen molar-refractivity contribution in [1.82, 2.24) is 14.3 Å². The summed E-state index contributed by atoms with van der Waals surface area (Å²) in [5.41, 5.74) is 5.97. The molecule has 2 aromatic heterocycles. The number of azo groups is 1. The van der Waals surface area contributed by atoms with Gasteiger partial charge in [-0.15, -0.1) is 10.2 Å². The van der Waals surface area contributed by atoms with Crippen molar-refractivity contribution >= 4 is 65.6 Å². The summed E-state index contributed by atoms with van der Waals surface area (Å²) >= 11 is 1.06. The van der Waals surface area contributed by atoms with E-state index in [-0.39, 0.29) is 33.5 Å². The molecular weight excluding hydrogens is 442 g/mol. The largest absolute Gasteiger partial charge is 0.506 e. The minimum absolute atomic E-state index is 0.128. The van der Waals surface area contributed by atoms with Gasteiger partial charge in [-0.3, -0.25) is 9.52 Å². The first kappa shape index (κ1) is 20.6. The lowest BCUT2D eigenvalue weighted by atomic mass is 10.0. The molecule has 0 radical (unpaired) electrons. The minimum atomic E-state index is -3.64. The molecule has 4 aromatic rings. The van der Waals surface area contributed by atoms with Crippen molar-refractivity contribution in [2.24, 2.45) is 16.0 Å². The number of fused-ring (bicyclic) bond motifs is 2. The number of nitrogens with one attached hydrogen (secondary N) is 1. The molecule has 2 aromatic carbocycles. The van der Waals surface area contributed by atoms with Crippen LogP contribution in [0.15, 0.2) is 40.7 Å². The van der Waals surface area contributed by atoms with Gasteiger partial charge in [0.1, 0.15) is 11.6 Å². The Balaban J connectivity index is 1.95. The number of nitrogens with zero attached hydrogens (tertiary/aromatic N) is 5. The molecule has 0 saturated carbocycles. The Morgan fingerprint density at radius 2 is 2.03 bits per heavy atom. The Labute approximate surface area is 179 Å². The van der Waals surface area contributed by atoms with Gasteiger partial charge in [0.25, 0.3) is 5.91 Å². The number of carbonyl (C=O) groups excluding carboxylic acids is 1. The number of primary amides is 1. The number of phenols is 1. The number of nitrogens with two attached hydrogens (primary N) is 1. The van der Waals surface area contributed by atoms with Gasteiger partial charge in [0.05, 0.1) is 28.6 Å². The third-order valence-corrected chi connectivity index (χ3v) is 5.59. The third kappa shape index (κ3) is 4.00. The van der Waals surface area contributed by atoms with Crippen molar-refractivity contribution < 1.29 is 18.3 Å². The maximum absolute atomic E-state index is 11.8. The first-order chi connectivity index (χ1) is 14.6. The van der Waals surface area contributed by atoms with Crippen molar-refractivity contribution in [1.29, 1.82) is 0 Å². The summed E-state index contributed by atoms with van der Waals surface area (Å²) in [7, 11) is -3.64. The fraction of sp³-hybridized carbons (Fsp3) is 0.111. The van der Waals surface area contributed by atoms with Crippen LogP contribution in [0.3, 0.4) is 0 Å². The zero-order valence-electron chi connectivity index (χ0n) is 16.2. The number of aryl methyl sites for hydroxylation is 1. The van der Waals surface area contributed by atoms with Crippen molar-refractivity contribution in [3.05, 3.63) is 41.9 Å². The van der Waals surface area contributed by atoms with Gasteiger partial charge in [-0.25, -0.2) is 18.4 Å². The lowest BCUT2D eigenvalue weighted by molar-refractivity contribution is 0.0998. The quantitative estimate of drug-likeness (QED) is 0.386. The van der Waals surface area contributed by atoms with Gasteiger partial charge >= 0.3 is 0 Å². The first-order valence-electron chi connectivity index (χ1n) is 8.71. The fourth-order valence-corrected chi connectivity index (χ4v) is 4.19. The Morgan fingerprint density at radius 3 is 2.74 bits per heavy atom. The number of hydrogen-bond acceptors (Lipinski definition) is 10. The van der Waals surface area contributed by atoms with E-state index in [2.05, 4.69) is 29.3 Å². The summed E-state index contributed by atoms with van der Waals surface area (Å²) in [6.07, 6.45) is 2.58. The maximum Gasteiger partial charge on any atom is 0.252 e. The van der Waals surface area contributed by atoms with Crippen molar-refractivity contribution in [3.8, 4) is 5.75 Å². The van der Waals surface area contributed by atoms with Gasteiger partial charge < -0.3 is 10.8 Å². The van der Waals surface area contributed by atoms with E-state index in [0.717, 1.165) is 17.8 Å². The summed E-state index contributed by atoms with van der Waals surface area (Å²) < 4.78 is 30.2. The van der Waals surface area contributed by atoms with E-state index in [9.17, 15) is 18.3 Å². The summed E-state index contributed by atoms with van der Waals surface area (Å²) in [4.78, 5) is 20.2. The minimum Gasteiger partial charge on any atom is -0.506 e. The number of rotatable bonds is 5. The number of aromatic nitrogens is 3. The van der Waals surface area contributed by atoms with E-state index >= 15 is 0 Å². The Morgan fingerprint density at radius 1 is 1.26 bits per heavy atom. The normalized spacial score (nSPS) is 12.1. The number of amides is 1. The van der Waals surface area contributed by atoms with Crippen molar-refractivity contribution in [2.75, 3.05) is 11.0 Å². The number of carbonyl (C=O) groups is 1. The molecule has 4 rings (SSSR count). The predicted molar refractivity (Wildman–Crippen MR) is 117 cm³/mol. The molecule has 1 amide bonds. The summed E-state index contributed by atoms with van der Waals surface area (Å²) in [5, 5.41) is 20.4. The highest BCUT2D eigenvalue weighted by Gasteiger charge is 2.19. The molecule has 0 unspecified atom stereocenters. The van der Waals surface area contributed by atoms with Crippen LogP contribution >= 0.6 is 11.5 Å². The van der Waals surface area contributed by atoms with Crippen molar-refractivity contribution in [3.63, 3.8) is 0 Å². The Kier molecular flexibility index (Phi) is 4.99. The summed E-state index contributed by atoms with van der Waals surface area (Å²) in [6.45, 7) is 1.74. The van der Waals surface area contributed by atoms with Crippen LogP contribution < -0.4 is 10.5 Å². The number of anilines is 1. The maximum atomic E-state index is 11.8. The van der Waals surface area contributed by atoms with Gasteiger partial charge in [-0.1, -0.05) is 12.1 Å². The SMILES string of the molecule is Cc1ncc2c(/N=N/c3cc(C(N)=O)c(O)c4cccc(NS(C)(=O)=O)c34)snc2n1. The van der Waals surface area contributed by atoms with E-state index in [0.29, 0.717) is 21.9 Å². The second-order valence-electron chi connectivity index (χ2n) is 6.60. The van der Waals surface area contributed by atoms with E-state index in [1.54, 1.807) is 13.1 Å². The third-order valence-electron chi connectivity index (χ3n) is 4.26. The number of hydrogen-bond donors (Lipinski definition) is 3. The highest BCUT2D eigenvalue weighted by molar-refractivity contribution is 7.92. The van der Waals surface area contributed by atoms with Crippen LogP contribution in [-0.4, -0.2) is 40.0 Å². The second-order valence-corrected chi connectivity index (χ2v) is 9.10.